The normalized spacial score (nSPS) is 24.7. The standard InChI is InChI=1S/C12H19N6O4P/c1-6-3-7(4-21-23(19)20)22-11(6)18-5-15-8-9(14-2)16-12(13)17-10(8)18/h5-7,11,19-20H,3-4H2,1-2H3,(H3,13,14,16,17). The Kier molecular flexibility index (Phi) is 4.60. The summed E-state index contributed by atoms with van der Waals surface area (Å²) in [6.07, 6.45) is 1.87. The summed E-state index contributed by atoms with van der Waals surface area (Å²) < 4.78 is 12.6. The average molecular weight is 342 g/mol. The monoisotopic (exact) mass is 342 g/mol. The lowest BCUT2D eigenvalue weighted by Gasteiger charge is -2.18. The topological polar surface area (TPSA) is 141 Å². The predicted octanol–water partition coefficient (Wildman–Crippen LogP) is 0.602. The fourth-order valence-electron chi connectivity index (χ4n) is 2.81. The van der Waals surface area contributed by atoms with Crippen molar-refractivity contribution in [2.75, 3.05) is 24.7 Å². The summed E-state index contributed by atoms with van der Waals surface area (Å²) in [6, 6.07) is 0. The number of hydrogen-bond acceptors (Lipinski definition) is 9. The van der Waals surface area contributed by atoms with Crippen LogP contribution >= 0.6 is 8.60 Å². The molecule has 2 aromatic heterocycles. The van der Waals surface area contributed by atoms with Crippen molar-refractivity contribution in [2.24, 2.45) is 5.92 Å². The summed E-state index contributed by atoms with van der Waals surface area (Å²) >= 11 is 0. The van der Waals surface area contributed by atoms with Gasteiger partial charge in [-0.2, -0.15) is 9.97 Å². The van der Waals surface area contributed by atoms with Crippen LogP contribution in [0.25, 0.3) is 11.2 Å². The Balaban J connectivity index is 1.87. The second kappa shape index (κ2) is 6.50. The molecule has 5 N–H and O–H groups in total. The molecule has 0 spiro atoms. The largest absolute Gasteiger partial charge is 0.371 e. The molecule has 2 aromatic rings. The van der Waals surface area contributed by atoms with Crippen LogP contribution in [0.4, 0.5) is 11.8 Å². The minimum absolute atomic E-state index is 0.130. The first-order chi connectivity index (χ1) is 11.0. The van der Waals surface area contributed by atoms with Gasteiger partial charge in [0, 0.05) is 13.0 Å². The van der Waals surface area contributed by atoms with Crippen molar-refractivity contribution in [1.82, 2.24) is 19.5 Å². The number of aromatic nitrogens is 4. The van der Waals surface area contributed by atoms with Crippen molar-refractivity contribution < 1.29 is 19.0 Å². The number of rotatable bonds is 5. The third-order valence-electron chi connectivity index (χ3n) is 3.78. The van der Waals surface area contributed by atoms with Gasteiger partial charge < -0.3 is 30.1 Å². The average Bonchev–Trinajstić information content (AvgIpc) is 3.07. The lowest BCUT2D eigenvalue weighted by molar-refractivity contribution is -0.0266. The van der Waals surface area contributed by atoms with Gasteiger partial charge in [0.05, 0.1) is 19.0 Å². The van der Waals surface area contributed by atoms with E-state index in [4.69, 9.17) is 24.8 Å². The van der Waals surface area contributed by atoms with Gasteiger partial charge >= 0.3 is 8.60 Å². The molecule has 0 radical (unpaired) electrons. The third-order valence-corrected chi connectivity index (χ3v) is 4.16. The minimum atomic E-state index is -2.37. The number of nitrogens with zero attached hydrogens (tertiary/aromatic N) is 4. The molecule has 1 aliphatic heterocycles. The molecule has 10 nitrogen and oxygen atoms in total. The Bertz CT molecular complexity index is 695. The molecule has 0 aliphatic carbocycles. The molecule has 1 saturated heterocycles. The van der Waals surface area contributed by atoms with Gasteiger partial charge in [-0.3, -0.25) is 4.57 Å². The Labute approximate surface area is 133 Å². The van der Waals surface area contributed by atoms with E-state index in [0.29, 0.717) is 17.0 Å². The highest BCUT2D eigenvalue weighted by atomic mass is 31.2. The molecular formula is C12H19N6O4P. The van der Waals surface area contributed by atoms with Crippen LogP contribution in [0.5, 0.6) is 0 Å². The highest BCUT2D eigenvalue weighted by Crippen LogP contribution is 2.37. The summed E-state index contributed by atoms with van der Waals surface area (Å²) in [7, 11) is -0.634. The zero-order valence-electron chi connectivity index (χ0n) is 12.7. The van der Waals surface area contributed by atoms with E-state index in [0.717, 1.165) is 6.42 Å². The van der Waals surface area contributed by atoms with E-state index in [2.05, 4.69) is 20.3 Å². The molecule has 1 fully saturated rings. The number of imidazole rings is 1. The SMILES string of the molecule is CNc1nc(N)nc2c1ncn2C1OC(COP(O)O)CC1C. The maximum atomic E-state index is 8.85. The van der Waals surface area contributed by atoms with E-state index < -0.39 is 8.60 Å². The van der Waals surface area contributed by atoms with Crippen molar-refractivity contribution in [3.63, 3.8) is 0 Å². The lowest BCUT2D eigenvalue weighted by Crippen LogP contribution is -2.16. The first kappa shape index (κ1) is 16.3. The van der Waals surface area contributed by atoms with Crippen LogP contribution in [0.3, 0.4) is 0 Å². The van der Waals surface area contributed by atoms with Crippen LogP contribution < -0.4 is 11.1 Å². The van der Waals surface area contributed by atoms with E-state index in [1.807, 2.05) is 11.5 Å². The predicted molar refractivity (Wildman–Crippen MR) is 84.3 cm³/mol. The van der Waals surface area contributed by atoms with Gasteiger partial charge in [0.2, 0.25) is 5.95 Å². The molecule has 23 heavy (non-hydrogen) atoms. The molecule has 0 bridgehead atoms. The van der Waals surface area contributed by atoms with E-state index >= 15 is 0 Å². The zero-order chi connectivity index (χ0) is 16.6. The summed E-state index contributed by atoms with van der Waals surface area (Å²) in [5.74, 6) is 0.891. The third kappa shape index (κ3) is 3.22. The molecule has 3 heterocycles. The Hall–Kier alpha value is -1.58. The smallest absolute Gasteiger partial charge is 0.327 e. The summed E-state index contributed by atoms with van der Waals surface area (Å²) in [5.41, 5.74) is 6.96. The summed E-state index contributed by atoms with van der Waals surface area (Å²) in [4.78, 5) is 30.4. The Morgan fingerprint density at radius 2 is 2.30 bits per heavy atom. The zero-order valence-corrected chi connectivity index (χ0v) is 13.6. The van der Waals surface area contributed by atoms with Crippen molar-refractivity contribution in [3.8, 4) is 0 Å². The second-order valence-electron chi connectivity index (χ2n) is 5.41. The van der Waals surface area contributed by atoms with Crippen molar-refractivity contribution in [3.05, 3.63) is 6.33 Å². The first-order valence-electron chi connectivity index (χ1n) is 7.13. The number of fused-ring (bicyclic) bond motifs is 1. The summed E-state index contributed by atoms with van der Waals surface area (Å²) in [6.45, 7) is 2.17. The molecule has 1 aliphatic rings. The van der Waals surface area contributed by atoms with Gasteiger partial charge in [-0.15, -0.1) is 0 Å². The fraction of sp³-hybridized carbons (Fsp3) is 0.583. The molecule has 3 atom stereocenters. The van der Waals surface area contributed by atoms with Gasteiger partial charge in [-0.1, -0.05) is 6.92 Å². The number of nitrogens with two attached hydrogens (primary N) is 1. The molecule has 3 unspecified atom stereocenters. The van der Waals surface area contributed by atoms with Gasteiger partial charge in [-0.05, 0) is 6.42 Å². The van der Waals surface area contributed by atoms with Crippen LogP contribution in [-0.4, -0.2) is 49.1 Å². The van der Waals surface area contributed by atoms with E-state index in [9.17, 15) is 0 Å². The first-order valence-corrected chi connectivity index (χ1v) is 8.30. The van der Waals surface area contributed by atoms with Gasteiger partial charge in [-0.25, -0.2) is 4.98 Å². The molecule has 3 rings (SSSR count). The molecule has 126 valence electrons. The molecule has 0 amide bonds. The minimum Gasteiger partial charge on any atom is -0.371 e. The van der Waals surface area contributed by atoms with Crippen LogP contribution in [-0.2, 0) is 9.26 Å². The maximum absolute atomic E-state index is 8.85. The Morgan fingerprint density at radius 3 is 3.00 bits per heavy atom. The molecular weight excluding hydrogens is 323 g/mol. The maximum Gasteiger partial charge on any atom is 0.327 e. The van der Waals surface area contributed by atoms with E-state index in [-0.39, 0.29) is 30.8 Å². The summed E-state index contributed by atoms with van der Waals surface area (Å²) in [5, 5.41) is 2.95. The Morgan fingerprint density at radius 1 is 1.52 bits per heavy atom. The number of nitrogens with one attached hydrogen (secondary N) is 1. The second-order valence-corrected chi connectivity index (χ2v) is 6.18. The quantitative estimate of drug-likeness (QED) is 0.575. The van der Waals surface area contributed by atoms with Crippen LogP contribution in [0.15, 0.2) is 6.33 Å². The number of hydrogen-bond donors (Lipinski definition) is 4. The van der Waals surface area contributed by atoms with E-state index in [1.165, 1.54) is 0 Å². The van der Waals surface area contributed by atoms with Crippen molar-refractivity contribution >= 4 is 31.5 Å². The fourth-order valence-corrected chi connectivity index (χ4v) is 3.11. The van der Waals surface area contributed by atoms with E-state index in [1.54, 1.807) is 13.4 Å². The highest BCUT2D eigenvalue weighted by molar-refractivity contribution is 7.39. The van der Waals surface area contributed by atoms with Gasteiger partial charge in [0.25, 0.3) is 0 Å². The van der Waals surface area contributed by atoms with Crippen molar-refractivity contribution in [1.29, 1.82) is 0 Å². The van der Waals surface area contributed by atoms with Crippen LogP contribution in [0, 0.1) is 5.92 Å². The molecule has 11 heteroatoms. The van der Waals surface area contributed by atoms with Gasteiger partial charge in [0.1, 0.15) is 6.23 Å². The van der Waals surface area contributed by atoms with Gasteiger partial charge in [0.15, 0.2) is 17.0 Å². The number of nitrogen functional groups attached to an aromatic ring is 1. The highest BCUT2D eigenvalue weighted by Gasteiger charge is 2.35. The van der Waals surface area contributed by atoms with Crippen LogP contribution in [0.1, 0.15) is 19.6 Å². The number of anilines is 2. The van der Waals surface area contributed by atoms with Crippen LogP contribution in [0.2, 0.25) is 0 Å². The molecule has 0 aromatic carbocycles. The van der Waals surface area contributed by atoms with Crippen molar-refractivity contribution in [2.45, 2.75) is 25.7 Å². The number of ether oxygens (including phenoxy) is 1. The lowest BCUT2D eigenvalue weighted by atomic mass is 10.1. The molecule has 0 saturated carbocycles.